The van der Waals surface area contributed by atoms with Crippen molar-refractivity contribution in [1.82, 2.24) is 4.90 Å². The van der Waals surface area contributed by atoms with Crippen molar-refractivity contribution in [1.29, 1.82) is 0 Å². The van der Waals surface area contributed by atoms with Crippen LogP contribution in [0.15, 0.2) is 65.3 Å². The van der Waals surface area contributed by atoms with Crippen LogP contribution in [0.3, 0.4) is 0 Å². The van der Waals surface area contributed by atoms with E-state index in [1.54, 1.807) is 4.90 Å². The topological polar surface area (TPSA) is 109 Å². The average molecular weight is 460 g/mol. The minimum absolute atomic E-state index is 0.00211. The molecule has 2 amide bonds. The van der Waals surface area contributed by atoms with Gasteiger partial charge in [-0.05, 0) is 35.1 Å². The zero-order chi connectivity index (χ0) is 23.7. The molecule has 34 heavy (non-hydrogen) atoms. The number of carboxylic acid groups (broad SMARTS) is 1. The lowest BCUT2D eigenvalue weighted by Crippen LogP contribution is -2.40. The summed E-state index contributed by atoms with van der Waals surface area (Å²) < 4.78 is 10.9. The van der Waals surface area contributed by atoms with Gasteiger partial charge < -0.3 is 19.2 Å². The Labute approximate surface area is 196 Å². The van der Waals surface area contributed by atoms with Crippen LogP contribution in [0.5, 0.6) is 0 Å². The van der Waals surface area contributed by atoms with E-state index < -0.39 is 18.0 Å². The first-order valence-corrected chi connectivity index (χ1v) is 11.2. The Bertz CT molecular complexity index is 1200. The highest BCUT2D eigenvalue weighted by atomic mass is 16.5. The fraction of sp³-hybridized carbons (Fsp3) is 0.269. The number of rotatable bonds is 5. The number of piperidine rings is 1. The minimum atomic E-state index is -0.845. The first-order chi connectivity index (χ1) is 16.5. The van der Waals surface area contributed by atoms with E-state index in [-0.39, 0.29) is 29.9 Å². The predicted molar refractivity (Wildman–Crippen MR) is 124 cm³/mol. The standard InChI is InChI=1S/C26H24N2O6/c29-24(28-12-9-16(10-13-28)25(30)31)23-22(11-14-33-23)27-26(32)34-15-21-19-7-3-1-5-17(19)18-6-2-4-8-20(18)21/h1-8,11,14,16,21H,9-10,12-13,15H2,(H,27,32)(H,30,31). The Balaban J connectivity index is 1.23. The molecule has 0 radical (unpaired) electrons. The van der Waals surface area contributed by atoms with Gasteiger partial charge in [0.25, 0.3) is 5.91 Å². The summed E-state index contributed by atoms with van der Waals surface area (Å²) in [5.74, 6) is -1.74. The number of carbonyl (C=O) groups is 3. The van der Waals surface area contributed by atoms with E-state index in [0.29, 0.717) is 25.9 Å². The fourth-order valence-electron chi connectivity index (χ4n) is 4.79. The van der Waals surface area contributed by atoms with Gasteiger partial charge in [0, 0.05) is 25.1 Å². The van der Waals surface area contributed by atoms with Crippen molar-refractivity contribution in [3.8, 4) is 11.1 Å². The highest BCUT2D eigenvalue weighted by Gasteiger charge is 2.31. The monoisotopic (exact) mass is 460 g/mol. The molecule has 2 N–H and O–H groups in total. The number of likely N-dealkylation sites (tertiary alicyclic amines) is 1. The summed E-state index contributed by atoms with van der Waals surface area (Å²) in [4.78, 5) is 38.2. The zero-order valence-electron chi connectivity index (χ0n) is 18.4. The van der Waals surface area contributed by atoms with Crippen molar-refractivity contribution in [2.75, 3.05) is 25.0 Å². The lowest BCUT2D eigenvalue weighted by molar-refractivity contribution is -0.143. The highest BCUT2D eigenvalue weighted by Crippen LogP contribution is 2.44. The molecule has 8 nitrogen and oxygen atoms in total. The van der Waals surface area contributed by atoms with Crippen LogP contribution in [0.25, 0.3) is 11.1 Å². The molecule has 0 spiro atoms. The van der Waals surface area contributed by atoms with E-state index in [0.717, 1.165) is 22.3 Å². The van der Waals surface area contributed by atoms with E-state index in [1.807, 2.05) is 36.4 Å². The molecule has 1 aliphatic heterocycles. The molecule has 174 valence electrons. The SMILES string of the molecule is O=C(Nc1ccoc1C(=O)N1CCC(C(=O)O)CC1)OCC1c2ccccc2-c2ccccc21. The molecular formula is C26H24N2O6. The first kappa shape index (κ1) is 21.8. The van der Waals surface area contributed by atoms with Crippen LogP contribution in [0.4, 0.5) is 10.5 Å². The van der Waals surface area contributed by atoms with Crippen molar-refractivity contribution >= 4 is 23.7 Å². The second kappa shape index (κ2) is 9.05. The fourth-order valence-corrected chi connectivity index (χ4v) is 4.79. The van der Waals surface area contributed by atoms with E-state index in [9.17, 15) is 14.4 Å². The molecule has 2 aliphatic rings. The Morgan fingerprint density at radius 1 is 0.971 bits per heavy atom. The number of nitrogens with zero attached hydrogens (tertiary/aromatic N) is 1. The molecule has 0 unspecified atom stereocenters. The molecular weight excluding hydrogens is 436 g/mol. The summed E-state index contributed by atoms with van der Waals surface area (Å²) in [5.41, 5.74) is 4.73. The second-order valence-corrected chi connectivity index (χ2v) is 8.52. The number of carbonyl (C=O) groups excluding carboxylic acids is 2. The molecule has 1 aromatic heterocycles. The highest BCUT2D eigenvalue weighted by molar-refractivity contribution is 6.00. The number of ether oxygens (including phenoxy) is 1. The van der Waals surface area contributed by atoms with Gasteiger partial charge in [0.1, 0.15) is 6.61 Å². The number of anilines is 1. The molecule has 3 aromatic rings. The van der Waals surface area contributed by atoms with E-state index >= 15 is 0 Å². The van der Waals surface area contributed by atoms with Crippen molar-refractivity contribution in [2.24, 2.45) is 5.92 Å². The molecule has 0 saturated carbocycles. The molecule has 1 fully saturated rings. The number of fused-ring (bicyclic) bond motifs is 3. The second-order valence-electron chi connectivity index (χ2n) is 8.52. The normalized spacial score (nSPS) is 15.5. The van der Waals surface area contributed by atoms with Gasteiger partial charge in [0.15, 0.2) is 0 Å². The Hall–Kier alpha value is -4.07. The number of furan rings is 1. The quantitative estimate of drug-likeness (QED) is 0.577. The molecule has 0 bridgehead atoms. The van der Waals surface area contributed by atoms with E-state index in [2.05, 4.69) is 17.4 Å². The molecule has 8 heteroatoms. The Morgan fingerprint density at radius 3 is 2.21 bits per heavy atom. The number of nitrogens with one attached hydrogen (secondary N) is 1. The van der Waals surface area contributed by atoms with E-state index in [4.69, 9.17) is 14.3 Å². The van der Waals surface area contributed by atoms with Crippen molar-refractivity contribution < 1.29 is 28.6 Å². The van der Waals surface area contributed by atoms with Gasteiger partial charge in [-0.15, -0.1) is 0 Å². The summed E-state index contributed by atoms with van der Waals surface area (Å²) in [6.45, 7) is 0.797. The predicted octanol–water partition coefficient (Wildman–Crippen LogP) is 4.58. The van der Waals surface area contributed by atoms with Gasteiger partial charge in [-0.1, -0.05) is 48.5 Å². The number of amides is 2. The summed E-state index contributed by atoms with van der Waals surface area (Å²) >= 11 is 0. The lowest BCUT2D eigenvalue weighted by atomic mass is 9.97. The van der Waals surface area contributed by atoms with Gasteiger partial charge in [0.2, 0.25) is 5.76 Å². The molecule has 1 aliphatic carbocycles. The van der Waals surface area contributed by atoms with Crippen LogP contribution in [-0.4, -0.2) is 47.7 Å². The molecule has 0 atom stereocenters. The van der Waals surface area contributed by atoms with Crippen molar-refractivity contribution in [3.05, 3.63) is 77.7 Å². The summed E-state index contributed by atoms with van der Waals surface area (Å²) in [6.07, 6.45) is 1.42. The number of hydrogen-bond acceptors (Lipinski definition) is 5. The maximum atomic E-state index is 12.9. The maximum Gasteiger partial charge on any atom is 0.411 e. The lowest BCUT2D eigenvalue weighted by Gasteiger charge is -2.29. The van der Waals surface area contributed by atoms with Crippen molar-refractivity contribution in [3.63, 3.8) is 0 Å². The summed E-state index contributed by atoms with van der Waals surface area (Å²) in [7, 11) is 0. The summed E-state index contributed by atoms with van der Waals surface area (Å²) in [5, 5.41) is 11.8. The van der Waals surface area contributed by atoms with Gasteiger partial charge in [-0.25, -0.2) is 4.79 Å². The third kappa shape index (κ3) is 4.03. The van der Waals surface area contributed by atoms with Gasteiger partial charge >= 0.3 is 12.1 Å². The van der Waals surface area contributed by atoms with Crippen LogP contribution in [-0.2, 0) is 9.53 Å². The molecule has 2 heterocycles. The van der Waals surface area contributed by atoms with Crippen LogP contribution >= 0.6 is 0 Å². The Kier molecular flexibility index (Phi) is 5.79. The van der Waals surface area contributed by atoms with Crippen LogP contribution in [0.1, 0.15) is 40.4 Å². The third-order valence-electron chi connectivity index (χ3n) is 6.57. The van der Waals surface area contributed by atoms with Gasteiger partial charge in [-0.3, -0.25) is 14.9 Å². The zero-order valence-corrected chi connectivity index (χ0v) is 18.4. The summed E-state index contributed by atoms with van der Waals surface area (Å²) in [6, 6.07) is 17.6. The van der Waals surface area contributed by atoms with E-state index in [1.165, 1.54) is 12.3 Å². The molecule has 2 aromatic carbocycles. The number of aliphatic carboxylic acids is 1. The number of hydrogen-bond donors (Lipinski definition) is 2. The van der Waals surface area contributed by atoms with Crippen LogP contribution in [0.2, 0.25) is 0 Å². The smallest absolute Gasteiger partial charge is 0.411 e. The van der Waals surface area contributed by atoms with Crippen LogP contribution in [0, 0.1) is 5.92 Å². The van der Waals surface area contributed by atoms with Crippen molar-refractivity contribution in [2.45, 2.75) is 18.8 Å². The minimum Gasteiger partial charge on any atom is -0.481 e. The van der Waals surface area contributed by atoms with Gasteiger partial charge in [0.05, 0.1) is 17.9 Å². The first-order valence-electron chi connectivity index (χ1n) is 11.2. The average Bonchev–Trinajstić information content (AvgIpc) is 3.45. The third-order valence-corrected chi connectivity index (χ3v) is 6.57. The number of benzene rings is 2. The van der Waals surface area contributed by atoms with Gasteiger partial charge in [-0.2, -0.15) is 0 Å². The largest absolute Gasteiger partial charge is 0.481 e. The van der Waals surface area contributed by atoms with Crippen LogP contribution < -0.4 is 5.32 Å². The molecule has 1 saturated heterocycles. The number of carboxylic acids is 1. The maximum absolute atomic E-state index is 12.9. The molecule has 5 rings (SSSR count). The Morgan fingerprint density at radius 2 is 1.59 bits per heavy atom.